The van der Waals surface area contributed by atoms with Crippen molar-refractivity contribution in [3.8, 4) is 0 Å². The Labute approximate surface area is 225 Å². The maximum atomic E-state index is 9.63. The zero-order valence-corrected chi connectivity index (χ0v) is 5.70. The first-order chi connectivity index (χ1) is 3.71. The summed E-state index contributed by atoms with van der Waals surface area (Å²) in [5.74, 6) is 0. The fourth-order valence-corrected chi connectivity index (χ4v) is 1.25. The van der Waals surface area contributed by atoms with Gasteiger partial charge in [-0.2, -0.15) is 4.31 Å². The van der Waals surface area contributed by atoms with E-state index in [4.69, 9.17) is 19.6 Å². The Morgan fingerprint density at radius 2 is 0.923 bits per heavy atom. The van der Waals surface area contributed by atoms with E-state index in [9.17, 15) is 9.13 Å². The Morgan fingerprint density at radius 3 is 0.923 bits per heavy atom. The van der Waals surface area contributed by atoms with Crippen LogP contribution in [0.3, 0.4) is 0 Å². The molecule has 7 nitrogen and oxygen atoms in total. The van der Waals surface area contributed by atoms with Gasteiger partial charge in [-0.25, -0.2) is 9.13 Å². The fourth-order valence-electron chi connectivity index (χ4n) is 0.139. The van der Waals surface area contributed by atoms with Gasteiger partial charge < -0.3 is 19.6 Å². The third-order valence-corrected chi connectivity index (χ3v) is 1.91. The molecule has 0 aromatic carbocycles. The Morgan fingerprint density at radius 1 is 0.769 bits per heavy atom. The monoisotopic (exact) mass is 322 g/mol. The van der Waals surface area contributed by atoms with Crippen LogP contribution in [-0.4, -0.2) is 203 Å². The van der Waals surface area contributed by atoms with Crippen LogP contribution in [0.4, 0.5) is 0 Å². The molecule has 0 aliphatic heterocycles. The molecule has 0 aliphatic carbocycles. The van der Waals surface area contributed by atoms with E-state index in [0.717, 1.165) is 0 Å². The van der Waals surface area contributed by atoms with Crippen molar-refractivity contribution in [1.29, 1.82) is 0 Å². The number of rotatable bonds is 2. The molecule has 0 aliphatic rings. The number of hydrogen-bond acceptors (Lipinski definition) is 3. The van der Waals surface area contributed by atoms with E-state index in [-0.39, 0.29) is 184 Å². The van der Waals surface area contributed by atoms with Crippen molar-refractivity contribution < 1.29 is 33.0 Å². The molecule has 0 radical (unpaired) electrons. The molecule has 4 N–H and O–H groups in total. The van der Waals surface area contributed by atoms with Gasteiger partial charge in [0.25, 0.3) is 0 Å². The summed E-state index contributed by atoms with van der Waals surface area (Å²) in [6, 6.07) is 0. The normalized spacial score (nSPS) is 9.54. The zero-order valence-electron chi connectivity index (χ0n) is 3.91. The summed E-state index contributed by atoms with van der Waals surface area (Å²) in [5.41, 5.74) is 0. The summed E-state index contributed by atoms with van der Waals surface area (Å²) in [6.45, 7) is 0. The molecule has 13 heteroatoms. The molecule has 0 saturated heterocycles. The van der Waals surface area contributed by atoms with Gasteiger partial charge in [0, 0.05) is 0 Å². The van der Waals surface area contributed by atoms with Gasteiger partial charge in [0.2, 0.25) is 0 Å². The van der Waals surface area contributed by atoms with Crippen LogP contribution in [0.5, 0.6) is 0 Å². The standard InChI is InChI=1S/3K.Na.H4O7P2.4H/c;;;;1-8(2,3)7-9(4,5)6;;;;/h;;;;(H2,1,2,3)(H2,4,5,6);;;;. The molecule has 0 unspecified atom stereocenters. The molecule has 0 aromatic heterocycles. The first-order valence-electron chi connectivity index (χ1n) is 1.53. The summed E-state index contributed by atoms with van der Waals surface area (Å²) < 4.78 is 22.2. The Bertz CT molecular complexity index is 162. The molecular formula is H8K3NaO7P2. The van der Waals surface area contributed by atoms with Crippen molar-refractivity contribution in [2.24, 2.45) is 0 Å². The minimum absolute atomic E-state index is 0. The molecule has 0 amide bonds. The summed E-state index contributed by atoms with van der Waals surface area (Å²) in [7, 11) is -10.1. The van der Waals surface area contributed by atoms with E-state index in [2.05, 4.69) is 4.31 Å². The minimum atomic E-state index is -5.05. The quantitative estimate of drug-likeness (QED) is 0.308. The average Bonchev–Trinajstić information content (AvgIpc) is 1.14. The van der Waals surface area contributed by atoms with Crippen LogP contribution in [0.2, 0.25) is 0 Å². The Kier molecular flexibility index (Phi) is 35.3. The molecule has 64 valence electrons. The molecule has 0 bridgehead atoms. The Hall–Kier alpha value is 6.17. The van der Waals surface area contributed by atoms with Crippen LogP contribution < -0.4 is 0 Å². The summed E-state index contributed by atoms with van der Waals surface area (Å²) in [6.07, 6.45) is 0. The van der Waals surface area contributed by atoms with Crippen LogP contribution >= 0.6 is 15.6 Å². The summed E-state index contributed by atoms with van der Waals surface area (Å²) >= 11 is 0. The second-order valence-corrected chi connectivity index (χ2v) is 3.68. The van der Waals surface area contributed by atoms with Crippen LogP contribution in [-0.2, 0) is 13.4 Å². The maximum absolute atomic E-state index is 9.63. The van der Waals surface area contributed by atoms with Gasteiger partial charge in [-0.3, -0.25) is 0 Å². The van der Waals surface area contributed by atoms with Crippen LogP contribution in [0.25, 0.3) is 0 Å². The topological polar surface area (TPSA) is 124 Å². The molecule has 0 atom stereocenters. The average molecular weight is 322 g/mol. The molecular weight excluding hydrogens is 314 g/mol. The van der Waals surface area contributed by atoms with Gasteiger partial charge in [0.15, 0.2) is 0 Å². The second kappa shape index (κ2) is 14.6. The van der Waals surface area contributed by atoms with Crippen molar-refractivity contribution in [2.75, 3.05) is 0 Å². The van der Waals surface area contributed by atoms with Crippen molar-refractivity contribution in [2.45, 2.75) is 0 Å². The van der Waals surface area contributed by atoms with E-state index in [1.165, 1.54) is 0 Å². The molecule has 0 heterocycles. The van der Waals surface area contributed by atoms with Crippen molar-refractivity contribution >= 4 is 199 Å². The van der Waals surface area contributed by atoms with E-state index in [1.807, 2.05) is 0 Å². The predicted molar refractivity (Wildman–Crippen MR) is 53.8 cm³/mol. The molecule has 0 aromatic rings. The number of hydrogen-bond donors (Lipinski definition) is 4. The van der Waals surface area contributed by atoms with E-state index in [1.54, 1.807) is 0 Å². The third kappa shape index (κ3) is 32.1. The van der Waals surface area contributed by atoms with Gasteiger partial charge >= 0.3 is 199 Å². The number of phosphoric acid groups is 2. The van der Waals surface area contributed by atoms with Crippen LogP contribution in [0, 0.1) is 0 Å². The van der Waals surface area contributed by atoms with Crippen LogP contribution in [0.15, 0.2) is 0 Å². The molecule has 0 spiro atoms. The molecule has 0 saturated carbocycles. The Balaban J connectivity index is -0.0000000533. The fraction of sp³-hybridized carbons (Fsp3) is 0. The van der Waals surface area contributed by atoms with Gasteiger partial charge in [-0.15, -0.1) is 0 Å². The predicted octanol–water partition coefficient (Wildman–Crippen LogP) is -3.41. The summed E-state index contributed by atoms with van der Waals surface area (Å²) in [4.78, 5) is 31.0. The van der Waals surface area contributed by atoms with Crippen molar-refractivity contribution in [3.05, 3.63) is 0 Å². The van der Waals surface area contributed by atoms with Gasteiger partial charge in [-0.1, -0.05) is 0 Å². The van der Waals surface area contributed by atoms with Gasteiger partial charge in [0.05, 0.1) is 0 Å². The first-order valence-corrected chi connectivity index (χ1v) is 4.59. The first kappa shape index (κ1) is 31.5. The molecule has 0 fully saturated rings. The third-order valence-electron chi connectivity index (χ3n) is 0.213. The van der Waals surface area contributed by atoms with E-state index >= 15 is 0 Å². The van der Waals surface area contributed by atoms with E-state index in [0.29, 0.717) is 0 Å². The van der Waals surface area contributed by atoms with Crippen molar-refractivity contribution in [1.82, 2.24) is 0 Å². The SMILES string of the molecule is O=P(O)(O)OP(=O)(O)O.[KH].[KH].[KH].[NaH]. The van der Waals surface area contributed by atoms with Crippen LogP contribution in [0.1, 0.15) is 0 Å². The molecule has 0 rings (SSSR count). The zero-order chi connectivity index (χ0) is 7.71. The summed E-state index contributed by atoms with van der Waals surface area (Å²) in [5, 5.41) is 0. The van der Waals surface area contributed by atoms with E-state index < -0.39 is 15.6 Å². The van der Waals surface area contributed by atoms with Gasteiger partial charge in [0.1, 0.15) is 0 Å². The second-order valence-electron chi connectivity index (χ2n) is 1.06. The molecule has 13 heavy (non-hydrogen) atoms. The van der Waals surface area contributed by atoms with Crippen molar-refractivity contribution in [3.63, 3.8) is 0 Å². The van der Waals surface area contributed by atoms with Gasteiger partial charge in [-0.05, 0) is 0 Å².